The van der Waals surface area contributed by atoms with Crippen LogP contribution in [0.25, 0.3) is 0 Å². The summed E-state index contributed by atoms with van der Waals surface area (Å²) in [6.45, 7) is 2.24. The van der Waals surface area contributed by atoms with Crippen molar-refractivity contribution in [2.45, 2.75) is 38.7 Å². The Labute approximate surface area is 90.7 Å². The molecular formula is C12H18N2O. The van der Waals surface area contributed by atoms with Gasteiger partial charge < -0.3 is 10.5 Å². The summed E-state index contributed by atoms with van der Waals surface area (Å²) in [6.07, 6.45) is 6.95. The zero-order valence-corrected chi connectivity index (χ0v) is 9.15. The summed E-state index contributed by atoms with van der Waals surface area (Å²) < 4.78 is 5.86. The molecule has 3 nitrogen and oxygen atoms in total. The van der Waals surface area contributed by atoms with Gasteiger partial charge in [-0.25, -0.2) is 4.98 Å². The lowest BCUT2D eigenvalue weighted by Crippen LogP contribution is -2.28. The molecule has 0 amide bonds. The fourth-order valence-electron chi connectivity index (χ4n) is 2.10. The molecule has 1 fully saturated rings. The van der Waals surface area contributed by atoms with Crippen molar-refractivity contribution in [2.75, 3.05) is 5.73 Å². The Balaban J connectivity index is 2.04. The molecule has 1 aliphatic carbocycles. The van der Waals surface area contributed by atoms with E-state index in [4.69, 9.17) is 10.5 Å². The third kappa shape index (κ3) is 2.41. The second-order valence-corrected chi connectivity index (χ2v) is 4.32. The van der Waals surface area contributed by atoms with Crippen LogP contribution in [0, 0.1) is 5.92 Å². The Morgan fingerprint density at radius 3 is 2.93 bits per heavy atom. The van der Waals surface area contributed by atoms with E-state index in [-0.39, 0.29) is 6.10 Å². The summed E-state index contributed by atoms with van der Waals surface area (Å²) in [7, 11) is 0. The van der Waals surface area contributed by atoms with Crippen LogP contribution in [-0.2, 0) is 0 Å². The van der Waals surface area contributed by atoms with E-state index in [1.807, 2.05) is 12.1 Å². The number of ether oxygens (including phenoxy) is 1. The molecule has 0 saturated heterocycles. The molecule has 1 saturated carbocycles. The normalized spacial score (nSPS) is 26.2. The molecule has 2 N–H and O–H groups in total. The van der Waals surface area contributed by atoms with E-state index in [0.29, 0.717) is 17.5 Å². The molecule has 0 bridgehead atoms. The van der Waals surface area contributed by atoms with Gasteiger partial charge in [0, 0.05) is 6.20 Å². The first-order valence-electron chi connectivity index (χ1n) is 5.64. The summed E-state index contributed by atoms with van der Waals surface area (Å²) >= 11 is 0. The molecular weight excluding hydrogens is 188 g/mol. The lowest BCUT2D eigenvalue weighted by atomic mass is 9.88. The molecule has 2 atom stereocenters. The van der Waals surface area contributed by atoms with E-state index < -0.39 is 0 Å². The molecule has 2 unspecified atom stereocenters. The maximum absolute atomic E-state index is 5.86. The van der Waals surface area contributed by atoms with Crippen LogP contribution >= 0.6 is 0 Å². The van der Waals surface area contributed by atoms with Gasteiger partial charge in [0.05, 0.1) is 5.69 Å². The van der Waals surface area contributed by atoms with Crippen LogP contribution < -0.4 is 10.5 Å². The highest BCUT2D eigenvalue weighted by atomic mass is 16.5. The number of nitrogens with two attached hydrogens (primary N) is 1. The fraction of sp³-hybridized carbons (Fsp3) is 0.583. The largest absolute Gasteiger partial charge is 0.473 e. The Morgan fingerprint density at radius 1 is 1.40 bits per heavy atom. The standard InChI is InChI=1S/C12H18N2O/c1-9-5-2-3-7-11(9)15-12-10(13)6-4-8-14-12/h4,6,8-9,11H,2-3,5,7,13H2,1H3. The number of pyridine rings is 1. The molecule has 1 aromatic rings. The predicted molar refractivity (Wildman–Crippen MR) is 60.7 cm³/mol. The molecule has 0 aliphatic heterocycles. The third-order valence-corrected chi connectivity index (χ3v) is 3.10. The molecule has 3 heteroatoms. The van der Waals surface area contributed by atoms with Crippen LogP contribution in [0.2, 0.25) is 0 Å². The molecule has 0 radical (unpaired) electrons. The van der Waals surface area contributed by atoms with Crippen LogP contribution in [0.5, 0.6) is 5.88 Å². The summed E-state index contributed by atoms with van der Waals surface area (Å²) in [4.78, 5) is 4.16. The van der Waals surface area contributed by atoms with Crippen molar-refractivity contribution < 1.29 is 4.74 Å². The van der Waals surface area contributed by atoms with Crippen LogP contribution in [0.1, 0.15) is 32.6 Å². The van der Waals surface area contributed by atoms with Gasteiger partial charge in [0.1, 0.15) is 6.10 Å². The molecule has 1 aromatic heterocycles. The Kier molecular flexibility index (Phi) is 3.09. The van der Waals surface area contributed by atoms with Gasteiger partial charge in [0.15, 0.2) is 0 Å². The minimum absolute atomic E-state index is 0.288. The average molecular weight is 206 g/mol. The van der Waals surface area contributed by atoms with Crippen molar-refractivity contribution in [1.82, 2.24) is 4.98 Å². The molecule has 1 heterocycles. The van der Waals surface area contributed by atoms with Gasteiger partial charge in [-0.05, 0) is 37.3 Å². The average Bonchev–Trinajstić information content (AvgIpc) is 2.24. The minimum Gasteiger partial charge on any atom is -0.473 e. The van der Waals surface area contributed by atoms with Crippen LogP contribution in [0.4, 0.5) is 5.69 Å². The lowest BCUT2D eigenvalue weighted by Gasteiger charge is -2.29. The maximum atomic E-state index is 5.86. The first kappa shape index (κ1) is 10.3. The third-order valence-electron chi connectivity index (χ3n) is 3.10. The van der Waals surface area contributed by atoms with Crippen molar-refractivity contribution >= 4 is 5.69 Å². The van der Waals surface area contributed by atoms with Crippen molar-refractivity contribution in [3.8, 4) is 5.88 Å². The van der Waals surface area contributed by atoms with Gasteiger partial charge in [-0.1, -0.05) is 13.3 Å². The van der Waals surface area contributed by atoms with E-state index in [9.17, 15) is 0 Å². The van der Waals surface area contributed by atoms with Crippen LogP contribution in [0.15, 0.2) is 18.3 Å². The molecule has 82 valence electrons. The second-order valence-electron chi connectivity index (χ2n) is 4.32. The number of rotatable bonds is 2. The monoisotopic (exact) mass is 206 g/mol. The molecule has 0 aromatic carbocycles. The number of aromatic nitrogens is 1. The fourth-order valence-corrected chi connectivity index (χ4v) is 2.10. The second kappa shape index (κ2) is 4.51. The van der Waals surface area contributed by atoms with Crippen molar-refractivity contribution in [1.29, 1.82) is 0 Å². The lowest BCUT2D eigenvalue weighted by molar-refractivity contribution is 0.0984. The van der Waals surface area contributed by atoms with E-state index in [2.05, 4.69) is 11.9 Å². The number of nitrogens with zero attached hydrogens (tertiary/aromatic N) is 1. The molecule has 2 rings (SSSR count). The van der Waals surface area contributed by atoms with E-state index in [1.165, 1.54) is 19.3 Å². The Bertz CT molecular complexity index is 327. The summed E-state index contributed by atoms with van der Waals surface area (Å²) in [5.74, 6) is 1.21. The van der Waals surface area contributed by atoms with Crippen molar-refractivity contribution in [3.05, 3.63) is 18.3 Å². The smallest absolute Gasteiger partial charge is 0.237 e. The highest BCUT2D eigenvalue weighted by Gasteiger charge is 2.23. The van der Waals surface area contributed by atoms with E-state index in [1.54, 1.807) is 6.20 Å². The number of nitrogen functional groups attached to an aromatic ring is 1. The van der Waals surface area contributed by atoms with Gasteiger partial charge in [0.25, 0.3) is 0 Å². The van der Waals surface area contributed by atoms with Gasteiger partial charge in [-0.3, -0.25) is 0 Å². The maximum Gasteiger partial charge on any atom is 0.237 e. The minimum atomic E-state index is 0.288. The molecule has 15 heavy (non-hydrogen) atoms. The van der Waals surface area contributed by atoms with Gasteiger partial charge in [-0.2, -0.15) is 0 Å². The number of hydrogen-bond acceptors (Lipinski definition) is 3. The highest BCUT2D eigenvalue weighted by molar-refractivity contribution is 5.46. The van der Waals surface area contributed by atoms with E-state index >= 15 is 0 Å². The van der Waals surface area contributed by atoms with Gasteiger partial charge in [-0.15, -0.1) is 0 Å². The van der Waals surface area contributed by atoms with Gasteiger partial charge >= 0.3 is 0 Å². The topological polar surface area (TPSA) is 48.1 Å². The van der Waals surface area contributed by atoms with Crippen molar-refractivity contribution in [2.24, 2.45) is 5.92 Å². The quantitative estimate of drug-likeness (QED) is 0.809. The zero-order valence-electron chi connectivity index (χ0n) is 9.15. The highest BCUT2D eigenvalue weighted by Crippen LogP contribution is 2.29. The first-order chi connectivity index (χ1) is 7.27. The number of anilines is 1. The Morgan fingerprint density at radius 2 is 2.20 bits per heavy atom. The molecule has 1 aliphatic rings. The summed E-state index contributed by atoms with van der Waals surface area (Å²) in [6, 6.07) is 3.66. The van der Waals surface area contributed by atoms with Crippen LogP contribution in [-0.4, -0.2) is 11.1 Å². The van der Waals surface area contributed by atoms with Crippen molar-refractivity contribution in [3.63, 3.8) is 0 Å². The SMILES string of the molecule is CC1CCCCC1Oc1ncccc1N. The Hall–Kier alpha value is -1.25. The first-order valence-corrected chi connectivity index (χ1v) is 5.64. The van der Waals surface area contributed by atoms with Gasteiger partial charge in [0.2, 0.25) is 5.88 Å². The van der Waals surface area contributed by atoms with Crippen LogP contribution in [0.3, 0.4) is 0 Å². The summed E-state index contributed by atoms with van der Waals surface area (Å²) in [5.41, 5.74) is 6.43. The summed E-state index contributed by atoms with van der Waals surface area (Å²) in [5, 5.41) is 0. The zero-order chi connectivity index (χ0) is 10.7. The predicted octanol–water partition coefficient (Wildman–Crippen LogP) is 2.62. The molecule has 0 spiro atoms. The van der Waals surface area contributed by atoms with E-state index in [0.717, 1.165) is 6.42 Å². The number of hydrogen-bond donors (Lipinski definition) is 1.